The summed E-state index contributed by atoms with van der Waals surface area (Å²) >= 11 is 0. The van der Waals surface area contributed by atoms with Crippen LogP contribution in [0, 0.1) is 0 Å². The quantitative estimate of drug-likeness (QED) is 0.725. The molecule has 0 aromatic heterocycles. The van der Waals surface area contributed by atoms with Crippen molar-refractivity contribution in [3.05, 3.63) is 53.1 Å². The van der Waals surface area contributed by atoms with Crippen molar-refractivity contribution in [1.29, 1.82) is 0 Å². The summed E-state index contributed by atoms with van der Waals surface area (Å²) < 4.78 is 16.6. The highest BCUT2D eigenvalue weighted by Gasteiger charge is 2.36. The third-order valence-corrected chi connectivity index (χ3v) is 5.60. The molecule has 0 bridgehead atoms. The second-order valence-corrected chi connectivity index (χ2v) is 6.79. The van der Waals surface area contributed by atoms with Crippen LogP contribution in [0.3, 0.4) is 0 Å². The molecule has 4 rings (SSSR count). The van der Waals surface area contributed by atoms with Gasteiger partial charge in [0.15, 0.2) is 11.5 Å². The molecule has 4 nitrogen and oxygen atoms in total. The summed E-state index contributed by atoms with van der Waals surface area (Å²) in [6.45, 7) is 2.22. The Labute approximate surface area is 165 Å². The van der Waals surface area contributed by atoms with Crippen LogP contribution in [-0.2, 0) is 0 Å². The van der Waals surface area contributed by atoms with Gasteiger partial charge in [0.25, 0.3) is 0 Å². The van der Waals surface area contributed by atoms with Crippen molar-refractivity contribution in [3.8, 4) is 17.2 Å². The zero-order valence-electron chi connectivity index (χ0n) is 15.5. The monoisotopic (exact) mass is 419 g/mol. The number of hydrogen-bond donors (Lipinski definition) is 0. The van der Waals surface area contributed by atoms with E-state index in [2.05, 4.69) is 41.3 Å². The second-order valence-electron chi connectivity index (χ2n) is 6.79. The summed E-state index contributed by atoms with van der Waals surface area (Å²) in [5.74, 6) is 2.41. The lowest BCUT2D eigenvalue weighted by molar-refractivity contribution is 0.230. The summed E-state index contributed by atoms with van der Waals surface area (Å²) in [6.07, 6.45) is 2.54. The van der Waals surface area contributed by atoms with Gasteiger partial charge in [0.2, 0.25) is 5.75 Å². The Hall–Kier alpha value is -1.72. The molecule has 2 aliphatic heterocycles. The van der Waals surface area contributed by atoms with E-state index in [0.717, 1.165) is 18.0 Å². The predicted octanol–water partition coefficient (Wildman–Crippen LogP) is 4.57. The van der Waals surface area contributed by atoms with E-state index in [-0.39, 0.29) is 17.0 Å². The van der Waals surface area contributed by atoms with Crippen molar-refractivity contribution in [3.63, 3.8) is 0 Å². The maximum atomic E-state index is 5.57. The van der Waals surface area contributed by atoms with Crippen LogP contribution >= 0.6 is 17.0 Å². The molecular weight excluding hydrogens is 394 g/mol. The van der Waals surface area contributed by atoms with Gasteiger partial charge in [0.05, 0.1) is 21.3 Å². The molecule has 0 radical (unpaired) electrons. The Balaban J connectivity index is 0.00000196. The lowest BCUT2D eigenvalue weighted by Crippen LogP contribution is -2.34. The van der Waals surface area contributed by atoms with Crippen LogP contribution < -0.4 is 14.2 Å². The summed E-state index contributed by atoms with van der Waals surface area (Å²) in [6, 6.07) is 13.6. The Morgan fingerprint density at radius 2 is 1.58 bits per heavy atom. The van der Waals surface area contributed by atoms with E-state index in [1.54, 1.807) is 21.3 Å². The number of ether oxygens (including phenoxy) is 3. The van der Waals surface area contributed by atoms with Gasteiger partial charge in [-0.05, 0) is 48.2 Å². The highest BCUT2D eigenvalue weighted by Crippen LogP contribution is 2.47. The topological polar surface area (TPSA) is 30.9 Å². The number of rotatable bonds is 4. The molecule has 2 atom stereocenters. The molecule has 0 amide bonds. The van der Waals surface area contributed by atoms with Gasteiger partial charge in [-0.15, -0.1) is 17.0 Å². The van der Waals surface area contributed by atoms with Crippen LogP contribution in [0.4, 0.5) is 0 Å². The fourth-order valence-electron chi connectivity index (χ4n) is 4.45. The number of hydrogen-bond acceptors (Lipinski definition) is 4. The van der Waals surface area contributed by atoms with Gasteiger partial charge < -0.3 is 14.2 Å². The number of fused-ring (bicyclic) bond motifs is 3. The van der Waals surface area contributed by atoms with Gasteiger partial charge in [-0.25, -0.2) is 0 Å². The molecule has 1 fully saturated rings. The van der Waals surface area contributed by atoms with Crippen LogP contribution in [-0.4, -0.2) is 39.3 Å². The maximum absolute atomic E-state index is 5.57. The molecule has 2 aliphatic rings. The second kappa shape index (κ2) is 7.89. The minimum atomic E-state index is 0. The number of methoxy groups -OCH3 is 3. The normalized spacial score (nSPS) is 21.3. The molecule has 26 heavy (non-hydrogen) atoms. The first-order valence-corrected chi connectivity index (χ1v) is 8.89. The summed E-state index contributed by atoms with van der Waals surface area (Å²) in [4.78, 5) is 2.62. The van der Waals surface area contributed by atoms with E-state index < -0.39 is 0 Å². The predicted molar refractivity (Wildman–Crippen MR) is 108 cm³/mol. The average molecular weight is 420 g/mol. The zero-order chi connectivity index (χ0) is 17.4. The van der Waals surface area contributed by atoms with Gasteiger partial charge >= 0.3 is 0 Å². The Kier molecular flexibility index (Phi) is 5.78. The Morgan fingerprint density at radius 1 is 0.923 bits per heavy atom. The maximum Gasteiger partial charge on any atom is 0.203 e. The molecule has 0 N–H and O–H groups in total. The largest absolute Gasteiger partial charge is 0.493 e. The number of halogens is 1. The van der Waals surface area contributed by atoms with E-state index in [1.807, 2.05) is 0 Å². The third-order valence-electron chi connectivity index (χ3n) is 5.60. The minimum absolute atomic E-state index is 0. The molecule has 2 aromatic rings. The minimum Gasteiger partial charge on any atom is -0.493 e. The van der Waals surface area contributed by atoms with Gasteiger partial charge in [0, 0.05) is 18.5 Å². The number of nitrogens with zero attached hydrogens (tertiary/aromatic N) is 1. The van der Waals surface area contributed by atoms with Gasteiger partial charge in [0.1, 0.15) is 0 Å². The molecule has 2 aromatic carbocycles. The van der Waals surface area contributed by atoms with E-state index >= 15 is 0 Å². The van der Waals surface area contributed by atoms with Gasteiger partial charge in [-0.3, -0.25) is 4.90 Å². The summed E-state index contributed by atoms with van der Waals surface area (Å²) in [5.41, 5.74) is 4.12. The molecule has 0 unspecified atom stereocenters. The lowest BCUT2D eigenvalue weighted by Gasteiger charge is -2.37. The Morgan fingerprint density at radius 3 is 2.19 bits per heavy atom. The summed E-state index contributed by atoms with van der Waals surface area (Å²) in [7, 11) is 4.99. The average Bonchev–Trinajstić information content (AvgIpc) is 3.15. The summed E-state index contributed by atoms with van der Waals surface area (Å²) in [5, 5.41) is 0. The highest BCUT2D eigenvalue weighted by molar-refractivity contribution is 8.93. The third kappa shape index (κ3) is 3.08. The van der Waals surface area contributed by atoms with Crippen LogP contribution in [0.15, 0.2) is 36.4 Å². The van der Waals surface area contributed by atoms with Crippen molar-refractivity contribution in [2.75, 3.05) is 34.4 Å². The van der Waals surface area contributed by atoms with E-state index in [4.69, 9.17) is 14.2 Å². The SMILES string of the molecule is Br.COc1cc([C@@H]2CN3CCC[C@@H]3c3ccccc32)cc(OC)c1OC. The zero-order valence-corrected chi connectivity index (χ0v) is 17.2. The molecule has 1 saturated heterocycles. The van der Waals surface area contributed by atoms with E-state index in [9.17, 15) is 0 Å². The fourth-order valence-corrected chi connectivity index (χ4v) is 4.45. The molecular formula is C21H26BrNO3. The van der Waals surface area contributed by atoms with Crippen molar-refractivity contribution < 1.29 is 14.2 Å². The van der Waals surface area contributed by atoms with Gasteiger partial charge in [-0.1, -0.05) is 24.3 Å². The van der Waals surface area contributed by atoms with Crippen molar-refractivity contribution >= 4 is 17.0 Å². The number of benzene rings is 2. The standard InChI is InChI=1S/C21H25NO3.BrH/c1-23-19-11-14(12-20(24-2)21(19)25-3)17-13-22-10-6-9-18(22)16-8-5-4-7-15(16)17;/h4-5,7-8,11-12,17-18H,6,9-10,13H2,1-3H3;1H/t17-,18+;/m0./s1. The smallest absolute Gasteiger partial charge is 0.203 e. The molecule has 0 saturated carbocycles. The first-order chi connectivity index (χ1) is 12.3. The van der Waals surface area contributed by atoms with Crippen molar-refractivity contribution in [1.82, 2.24) is 4.90 Å². The van der Waals surface area contributed by atoms with Crippen molar-refractivity contribution in [2.24, 2.45) is 0 Å². The molecule has 2 heterocycles. The molecule has 5 heteroatoms. The van der Waals surface area contributed by atoms with E-state index in [0.29, 0.717) is 17.7 Å². The molecule has 140 valence electrons. The highest BCUT2D eigenvalue weighted by atomic mass is 79.9. The molecule has 0 aliphatic carbocycles. The van der Waals surface area contributed by atoms with Crippen LogP contribution in [0.2, 0.25) is 0 Å². The van der Waals surface area contributed by atoms with Crippen LogP contribution in [0.1, 0.15) is 41.5 Å². The van der Waals surface area contributed by atoms with Crippen LogP contribution in [0.5, 0.6) is 17.2 Å². The Bertz CT molecular complexity index is 755. The van der Waals surface area contributed by atoms with Crippen molar-refractivity contribution in [2.45, 2.75) is 24.8 Å². The van der Waals surface area contributed by atoms with Gasteiger partial charge in [-0.2, -0.15) is 0 Å². The first kappa shape index (κ1) is 19.1. The molecule has 0 spiro atoms. The van der Waals surface area contributed by atoms with Crippen LogP contribution in [0.25, 0.3) is 0 Å². The fraction of sp³-hybridized carbons (Fsp3) is 0.429. The first-order valence-electron chi connectivity index (χ1n) is 8.89. The van der Waals surface area contributed by atoms with E-state index in [1.165, 1.54) is 36.1 Å². The lowest BCUT2D eigenvalue weighted by atomic mass is 9.81.